The van der Waals surface area contributed by atoms with Crippen molar-refractivity contribution in [3.63, 3.8) is 0 Å². The molecule has 36 heavy (non-hydrogen) atoms. The molecule has 2 aromatic carbocycles. The van der Waals surface area contributed by atoms with E-state index in [1.807, 2.05) is 72.8 Å². The van der Waals surface area contributed by atoms with E-state index < -0.39 is 12.0 Å². The van der Waals surface area contributed by atoms with E-state index in [4.69, 9.17) is 14.5 Å². The minimum Gasteiger partial charge on any atom is -0.497 e. The summed E-state index contributed by atoms with van der Waals surface area (Å²) in [7, 11) is 1.58. The van der Waals surface area contributed by atoms with Gasteiger partial charge in [0.05, 0.1) is 35.6 Å². The van der Waals surface area contributed by atoms with Crippen LogP contribution in [0.2, 0.25) is 0 Å². The molecule has 180 valence electrons. The highest BCUT2D eigenvalue weighted by atomic mass is 32.1. The van der Waals surface area contributed by atoms with E-state index in [1.54, 1.807) is 31.0 Å². The van der Waals surface area contributed by atoms with Crippen molar-refractivity contribution in [2.75, 3.05) is 13.7 Å². The van der Waals surface area contributed by atoms with Crippen LogP contribution in [0.5, 0.6) is 5.75 Å². The van der Waals surface area contributed by atoms with Crippen molar-refractivity contribution in [2.45, 2.75) is 13.0 Å². The summed E-state index contributed by atoms with van der Waals surface area (Å²) < 4.78 is 13.0. The van der Waals surface area contributed by atoms with E-state index in [1.165, 1.54) is 11.3 Å². The number of rotatable bonds is 6. The van der Waals surface area contributed by atoms with Gasteiger partial charge in [0.15, 0.2) is 4.80 Å². The van der Waals surface area contributed by atoms with Crippen LogP contribution in [0.1, 0.15) is 29.7 Å². The summed E-state index contributed by atoms with van der Waals surface area (Å²) in [6.07, 6.45) is 5.16. The quantitative estimate of drug-likeness (QED) is 0.382. The van der Waals surface area contributed by atoms with Crippen LogP contribution in [0.25, 0.3) is 11.8 Å². The SMILES string of the molecule is CCOC(=O)C1=C(c2ccccc2)N=c2s/c(=C/c3ccncc3)c(=O)n2C1c1cccc(OC)c1. The number of hydrogen-bond donors (Lipinski definition) is 0. The Labute approximate surface area is 211 Å². The molecule has 4 aromatic rings. The fourth-order valence-electron chi connectivity index (χ4n) is 4.18. The first-order valence-corrected chi connectivity index (χ1v) is 12.2. The fraction of sp³-hybridized carbons (Fsp3) is 0.143. The Bertz CT molecular complexity index is 1620. The molecule has 1 aliphatic rings. The molecular formula is C28H23N3O4S. The van der Waals surface area contributed by atoms with Crippen molar-refractivity contribution >= 4 is 29.1 Å². The number of carbonyl (C=O) groups is 1. The van der Waals surface area contributed by atoms with Crippen molar-refractivity contribution in [3.8, 4) is 5.75 Å². The number of methoxy groups -OCH3 is 1. The van der Waals surface area contributed by atoms with Crippen LogP contribution < -0.4 is 19.6 Å². The lowest BCUT2D eigenvalue weighted by Gasteiger charge is -2.26. The smallest absolute Gasteiger partial charge is 0.338 e. The second-order valence-electron chi connectivity index (χ2n) is 7.99. The summed E-state index contributed by atoms with van der Waals surface area (Å²) in [6, 6.07) is 19.8. The lowest BCUT2D eigenvalue weighted by Crippen LogP contribution is -2.40. The minimum atomic E-state index is -0.745. The molecule has 0 N–H and O–H groups in total. The zero-order chi connectivity index (χ0) is 25.1. The van der Waals surface area contributed by atoms with Gasteiger partial charge in [0.1, 0.15) is 5.75 Å². The third-order valence-corrected chi connectivity index (χ3v) is 6.77. The van der Waals surface area contributed by atoms with Crippen molar-refractivity contribution in [2.24, 2.45) is 4.99 Å². The number of nitrogens with zero attached hydrogens (tertiary/aromatic N) is 3. The summed E-state index contributed by atoms with van der Waals surface area (Å²) >= 11 is 1.28. The molecule has 1 aliphatic heterocycles. The molecule has 0 saturated heterocycles. The van der Waals surface area contributed by atoms with Crippen LogP contribution >= 0.6 is 11.3 Å². The average molecular weight is 498 g/mol. The molecule has 1 unspecified atom stereocenters. The third kappa shape index (κ3) is 4.38. The molecule has 0 spiro atoms. The largest absolute Gasteiger partial charge is 0.497 e. The van der Waals surface area contributed by atoms with Gasteiger partial charge in [-0.2, -0.15) is 0 Å². The van der Waals surface area contributed by atoms with Gasteiger partial charge < -0.3 is 9.47 Å². The van der Waals surface area contributed by atoms with Crippen LogP contribution in [0.4, 0.5) is 0 Å². The first-order chi connectivity index (χ1) is 17.6. The van der Waals surface area contributed by atoms with Gasteiger partial charge in [-0.15, -0.1) is 0 Å². The number of aromatic nitrogens is 2. The molecule has 0 saturated carbocycles. The lowest BCUT2D eigenvalue weighted by atomic mass is 9.93. The number of esters is 1. The van der Waals surface area contributed by atoms with Crippen molar-refractivity contribution in [3.05, 3.63) is 121 Å². The van der Waals surface area contributed by atoms with Gasteiger partial charge in [-0.1, -0.05) is 53.8 Å². The molecule has 0 aliphatic carbocycles. The monoisotopic (exact) mass is 497 g/mol. The second-order valence-corrected chi connectivity index (χ2v) is 9.00. The highest BCUT2D eigenvalue weighted by Crippen LogP contribution is 2.36. The average Bonchev–Trinajstić information content (AvgIpc) is 3.23. The van der Waals surface area contributed by atoms with Crippen LogP contribution in [0.15, 0.2) is 94.5 Å². The standard InChI is InChI=1S/C28H23N3O4S/c1-3-35-27(33)23-24(19-8-5-4-6-9-19)30-28-31(25(23)20-10-7-11-21(17-20)34-2)26(32)22(36-28)16-18-12-14-29-15-13-18/h4-17,25H,3H2,1-2H3/b22-16+. The van der Waals surface area contributed by atoms with E-state index >= 15 is 0 Å². The number of thiazole rings is 1. The molecule has 5 rings (SSSR count). The molecule has 0 amide bonds. The van der Waals surface area contributed by atoms with Gasteiger partial charge in [0.25, 0.3) is 5.56 Å². The highest BCUT2D eigenvalue weighted by Gasteiger charge is 2.35. The van der Waals surface area contributed by atoms with Gasteiger partial charge in [-0.05, 0) is 48.4 Å². The van der Waals surface area contributed by atoms with Gasteiger partial charge in [0, 0.05) is 18.0 Å². The Kier molecular flexibility index (Phi) is 6.60. The summed E-state index contributed by atoms with van der Waals surface area (Å²) in [6.45, 7) is 1.95. The molecule has 1 atom stereocenters. The normalized spacial score (nSPS) is 15.3. The van der Waals surface area contributed by atoms with E-state index in [-0.39, 0.29) is 12.2 Å². The predicted octanol–water partition coefficient (Wildman–Crippen LogP) is 3.34. The Hall–Kier alpha value is -4.30. The summed E-state index contributed by atoms with van der Waals surface area (Å²) in [5.74, 6) is 0.101. The van der Waals surface area contributed by atoms with Crippen molar-refractivity contribution in [1.29, 1.82) is 0 Å². The number of hydrogen-bond acceptors (Lipinski definition) is 7. The fourth-order valence-corrected chi connectivity index (χ4v) is 5.18. The maximum atomic E-state index is 13.8. The van der Waals surface area contributed by atoms with Crippen molar-refractivity contribution < 1.29 is 14.3 Å². The number of carbonyl (C=O) groups excluding carboxylic acids is 1. The predicted molar refractivity (Wildman–Crippen MR) is 138 cm³/mol. The van der Waals surface area contributed by atoms with Gasteiger partial charge in [-0.25, -0.2) is 9.79 Å². The third-order valence-electron chi connectivity index (χ3n) is 5.79. The van der Waals surface area contributed by atoms with Gasteiger partial charge >= 0.3 is 5.97 Å². The molecule has 3 heterocycles. The number of benzene rings is 2. The number of ether oxygens (including phenoxy) is 2. The maximum Gasteiger partial charge on any atom is 0.338 e. The molecule has 0 bridgehead atoms. The van der Waals surface area contributed by atoms with Crippen molar-refractivity contribution in [1.82, 2.24) is 9.55 Å². The van der Waals surface area contributed by atoms with Crippen LogP contribution in [0.3, 0.4) is 0 Å². The van der Waals surface area contributed by atoms with Crippen LogP contribution in [0, 0.1) is 0 Å². The molecule has 0 radical (unpaired) electrons. The molecule has 8 heteroatoms. The first kappa shape index (κ1) is 23.4. The van der Waals surface area contributed by atoms with E-state index in [0.29, 0.717) is 26.4 Å². The second kappa shape index (κ2) is 10.1. The van der Waals surface area contributed by atoms with E-state index in [2.05, 4.69) is 4.98 Å². The molecule has 2 aromatic heterocycles. The summed E-state index contributed by atoms with van der Waals surface area (Å²) in [5, 5.41) is 0. The zero-order valence-corrected chi connectivity index (χ0v) is 20.6. The minimum absolute atomic E-state index is 0.196. The maximum absolute atomic E-state index is 13.8. The summed E-state index contributed by atoms with van der Waals surface area (Å²) in [4.78, 5) is 36.6. The molecular weight excluding hydrogens is 474 g/mol. The van der Waals surface area contributed by atoms with Gasteiger partial charge in [0.2, 0.25) is 0 Å². The molecule has 7 nitrogen and oxygen atoms in total. The Balaban J connectivity index is 1.85. The van der Waals surface area contributed by atoms with Crippen LogP contribution in [-0.2, 0) is 9.53 Å². The van der Waals surface area contributed by atoms with E-state index in [0.717, 1.165) is 16.7 Å². The lowest BCUT2D eigenvalue weighted by molar-refractivity contribution is -0.138. The van der Waals surface area contributed by atoms with E-state index in [9.17, 15) is 9.59 Å². The Morgan fingerprint density at radius 1 is 1.08 bits per heavy atom. The van der Waals surface area contributed by atoms with Gasteiger partial charge in [-0.3, -0.25) is 14.3 Å². The zero-order valence-electron chi connectivity index (χ0n) is 19.8. The van der Waals surface area contributed by atoms with Crippen LogP contribution in [-0.4, -0.2) is 29.2 Å². The first-order valence-electron chi connectivity index (χ1n) is 11.4. The Morgan fingerprint density at radius 2 is 1.86 bits per heavy atom. The highest BCUT2D eigenvalue weighted by molar-refractivity contribution is 7.07. The molecule has 0 fully saturated rings. The number of pyridine rings is 1. The topological polar surface area (TPSA) is 82.8 Å². The Morgan fingerprint density at radius 3 is 2.58 bits per heavy atom. The number of fused-ring (bicyclic) bond motifs is 1. The summed E-state index contributed by atoms with van der Waals surface area (Å²) in [5.41, 5.74) is 2.88.